The van der Waals surface area contributed by atoms with E-state index in [1.54, 1.807) is 6.07 Å². The molecule has 1 aromatic heterocycles. The van der Waals surface area contributed by atoms with Crippen LogP contribution in [0.25, 0.3) is 0 Å². The zero-order valence-corrected chi connectivity index (χ0v) is 10.9. The summed E-state index contributed by atoms with van der Waals surface area (Å²) in [5, 5.41) is 10.7. The topological polar surface area (TPSA) is 65.3 Å². The summed E-state index contributed by atoms with van der Waals surface area (Å²) in [4.78, 5) is 13.8. The molecule has 19 heavy (non-hydrogen) atoms. The molecule has 0 amide bonds. The molecule has 1 heterocycles. The second-order valence-corrected chi connectivity index (χ2v) is 3.36. The molecule has 0 spiro atoms. The zero-order chi connectivity index (χ0) is 14.1. The second kappa shape index (κ2) is 7.81. The molecule has 100 valence electrons. The Bertz CT molecular complexity index is 515. The maximum atomic E-state index is 10.7. The minimum atomic E-state index is -0.555. The molecule has 0 atom stereocenters. The summed E-state index contributed by atoms with van der Waals surface area (Å²) in [6.07, 6.45) is 1.37. The van der Waals surface area contributed by atoms with Gasteiger partial charge in [0, 0.05) is 0 Å². The highest BCUT2D eigenvalue weighted by Crippen LogP contribution is 2.23. The van der Waals surface area contributed by atoms with Gasteiger partial charge in [-0.2, -0.15) is 0 Å². The second-order valence-electron chi connectivity index (χ2n) is 3.36. The van der Waals surface area contributed by atoms with Crippen molar-refractivity contribution in [1.82, 2.24) is 4.98 Å². The van der Waals surface area contributed by atoms with Gasteiger partial charge in [0.1, 0.15) is 12.8 Å². The van der Waals surface area contributed by atoms with E-state index in [0.29, 0.717) is 0 Å². The van der Waals surface area contributed by atoms with Gasteiger partial charge in [0.15, 0.2) is 0 Å². The predicted octanol–water partition coefficient (Wildman–Crippen LogP) is 3.60. The van der Waals surface area contributed by atoms with Crippen LogP contribution in [0.5, 0.6) is 5.75 Å². The number of nitrogens with zero attached hydrogens (tertiary/aromatic N) is 2. The van der Waals surface area contributed by atoms with E-state index in [4.69, 9.17) is 4.74 Å². The van der Waals surface area contributed by atoms with Gasteiger partial charge in [0.2, 0.25) is 5.75 Å². The highest BCUT2D eigenvalue weighted by atomic mass is 16.6. The van der Waals surface area contributed by atoms with Crippen LogP contribution >= 0.6 is 0 Å². The SMILES string of the molecule is CC.O=[N+]([O-])c1ncccc1OCc1ccccc1. The van der Waals surface area contributed by atoms with Crippen LogP contribution in [0.3, 0.4) is 0 Å². The molecule has 0 unspecified atom stereocenters. The largest absolute Gasteiger partial charge is 0.481 e. The number of hydrogen-bond donors (Lipinski definition) is 0. The molecule has 0 aliphatic rings. The number of pyridine rings is 1. The highest BCUT2D eigenvalue weighted by molar-refractivity contribution is 5.38. The number of aromatic nitrogens is 1. The fourth-order valence-corrected chi connectivity index (χ4v) is 1.37. The number of benzene rings is 1. The lowest BCUT2D eigenvalue weighted by Crippen LogP contribution is -2.00. The van der Waals surface area contributed by atoms with Crippen molar-refractivity contribution in [2.24, 2.45) is 0 Å². The van der Waals surface area contributed by atoms with Crippen LogP contribution in [0.4, 0.5) is 5.82 Å². The molecule has 0 saturated carbocycles. The summed E-state index contributed by atoms with van der Waals surface area (Å²) in [5.74, 6) is -0.0789. The molecule has 0 N–H and O–H groups in total. The van der Waals surface area contributed by atoms with Crippen molar-refractivity contribution in [3.8, 4) is 5.75 Å². The van der Waals surface area contributed by atoms with E-state index in [1.165, 1.54) is 12.3 Å². The van der Waals surface area contributed by atoms with Crippen LogP contribution in [0.15, 0.2) is 48.7 Å². The van der Waals surface area contributed by atoms with E-state index in [0.717, 1.165) is 5.56 Å². The maximum Gasteiger partial charge on any atom is 0.406 e. The molecule has 0 aliphatic heterocycles. The molecule has 0 fully saturated rings. The number of ether oxygens (including phenoxy) is 1. The van der Waals surface area contributed by atoms with Gasteiger partial charge in [-0.3, -0.25) is 0 Å². The lowest BCUT2D eigenvalue weighted by molar-refractivity contribution is -0.390. The van der Waals surface area contributed by atoms with E-state index < -0.39 is 4.92 Å². The zero-order valence-electron chi connectivity index (χ0n) is 10.9. The minimum absolute atomic E-state index is 0.182. The van der Waals surface area contributed by atoms with Crippen molar-refractivity contribution in [2.45, 2.75) is 20.5 Å². The van der Waals surface area contributed by atoms with Gasteiger partial charge in [-0.25, -0.2) is 0 Å². The Morgan fingerprint density at radius 1 is 1.16 bits per heavy atom. The first kappa shape index (κ1) is 14.6. The van der Waals surface area contributed by atoms with Crippen molar-refractivity contribution in [3.63, 3.8) is 0 Å². The van der Waals surface area contributed by atoms with Crippen molar-refractivity contribution < 1.29 is 9.66 Å². The third-order valence-corrected chi connectivity index (χ3v) is 2.16. The summed E-state index contributed by atoms with van der Waals surface area (Å²) in [7, 11) is 0. The van der Waals surface area contributed by atoms with Gasteiger partial charge in [0.25, 0.3) is 0 Å². The fourth-order valence-electron chi connectivity index (χ4n) is 1.37. The lowest BCUT2D eigenvalue weighted by atomic mass is 10.2. The Morgan fingerprint density at radius 3 is 2.47 bits per heavy atom. The molecule has 2 rings (SSSR count). The van der Waals surface area contributed by atoms with E-state index in [9.17, 15) is 10.1 Å². The Labute approximate surface area is 112 Å². The van der Waals surface area contributed by atoms with E-state index >= 15 is 0 Å². The first-order valence-corrected chi connectivity index (χ1v) is 6.03. The quantitative estimate of drug-likeness (QED) is 0.622. The molecule has 0 bridgehead atoms. The smallest absolute Gasteiger partial charge is 0.406 e. The summed E-state index contributed by atoms with van der Waals surface area (Å²) < 4.78 is 5.38. The average Bonchev–Trinajstić information content (AvgIpc) is 2.48. The Balaban J connectivity index is 0.000000861. The third kappa shape index (κ3) is 4.39. The van der Waals surface area contributed by atoms with Gasteiger partial charge in [-0.1, -0.05) is 44.2 Å². The molecular weight excluding hydrogens is 244 g/mol. The standard InChI is InChI=1S/C12H10N2O3.C2H6/c15-14(16)12-11(7-4-8-13-12)17-9-10-5-2-1-3-6-10;1-2/h1-8H,9H2;1-2H3. The minimum Gasteiger partial charge on any atom is -0.481 e. The van der Waals surface area contributed by atoms with Gasteiger partial charge < -0.3 is 14.9 Å². The van der Waals surface area contributed by atoms with Gasteiger partial charge in [-0.05, 0) is 27.6 Å². The molecule has 0 saturated heterocycles. The molecular formula is C14H16N2O3. The van der Waals surface area contributed by atoms with Crippen LogP contribution in [0.1, 0.15) is 19.4 Å². The lowest BCUT2D eigenvalue weighted by Gasteiger charge is -2.05. The van der Waals surface area contributed by atoms with Crippen molar-refractivity contribution in [3.05, 3.63) is 64.3 Å². The van der Waals surface area contributed by atoms with Crippen LogP contribution in [0, 0.1) is 10.1 Å². The van der Waals surface area contributed by atoms with E-state index in [2.05, 4.69) is 4.98 Å². The summed E-state index contributed by atoms with van der Waals surface area (Å²) in [6, 6.07) is 12.6. The van der Waals surface area contributed by atoms with Crippen molar-refractivity contribution in [2.75, 3.05) is 0 Å². The van der Waals surface area contributed by atoms with Crippen LogP contribution in [-0.4, -0.2) is 9.91 Å². The molecule has 0 radical (unpaired) electrons. The van der Waals surface area contributed by atoms with E-state index in [-0.39, 0.29) is 18.2 Å². The van der Waals surface area contributed by atoms with Gasteiger partial charge in [0.05, 0.1) is 0 Å². The molecule has 5 heteroatoms. The first-order valence-electron chi connectivity index (χ1n) is 6.03. The predicted molar refractivity (Wildman–Crippen MR) is 73.0 cm³/mol. The molecule has 1 aromatic carbocycles. The summed E-state index contributed by atoms with van der Waals surface area (Å²) >= 11 is 0. The van der Waals surface area contributed by atoms with Crippen LogP contribution < -0.4 is 4.74 Å². The maximum absolute atomic E-state index is 10.7. The summed E-state index contributed by atoms with van der Waals surface area (Å²) in [5.41, 5.74) is 0.950. The number of rotatable bonds is 4. The molecule has 2 aromatic rings. The average molecular weight is 260 g/mol. The monoisotopic (exact) mass is 260 g/mol. The Kier molecular flexibility index (Phi) is 6.02. The van der Waals surface area contributed by atoms with Crippen LogP contribution in [0.2, 0.25) is 0 Å². The number of nitro groups is 1. The van der Waals surface area contributed by atoms with E-state index in [1.807, 2.05) is 44.2 Å². The van der Waals surface area contributed by atoms with Crippen molar-refractivity contribution >= 4 is 5.82 Å². The Hall–Kier alpha value is -2.43. The van der Waals surface area contributed by atoms with Gasteiger partial charge >= 0.3 is 5.82 Å². The van der Waals surface area contributed by atoms with Gasteiger partial charge in [-0.15, -0.1) is 0 Å². The first-order chi connectivity index (χ1) is 9.27. The van der Waals surface area contributed by atoms with Crippen LogP contribution in [-0.2, 0) is 6.61 Å². The normalized spacial score (nSPS) is 9.16. The van der Waals surface area contributed by atoms with Crippen molar-refractivity contribution in [1.29, 1.82) is 0 Å². The molecule has 5 nitrogen and oxygen atoms in total. The number of hydrogen-bond acceptors (Lipinski definition) is 4. The third-order valence-electron chi connectivity index (χ3n) is 2.16. The Morgan fingerprint density at radius 2 is 1.84 bits per heavy atom. The fraction of sp³-hybridized carbons (Fsp3) is 0.214. The highest BCUT2D eigenvalue weighted by Gasteiger charge is 2.15. The summed E-state index contributed by atoms with van der Waals surface area (Å²) in [6.45, 7) is 4.29. The molecule has 0 aliphatic carbocycles.